The molecule has 2 heteroatoms. The molecule has 17 heavy (non-hydrogen) atoms. The van der Waals surface area contributed by atoms with Gasteiger partial charge in [-0.3, -0.25) is 0 Å². The molecule has 2 nitrogen and oxygen atoms in total. The van der Waals surface area contributed by atoms with Crippen LogP contribution >= 0.6 is 0 Å². The van der Waals surface area contributed by atoms with Crippen molar-refractivity contribution in [2.75, 3.05) is 13.6 Å². The van der Waals surface area contributed by atoms with Gasteiger partial charge in [0.1, 0.15) is 0 Å². The second kappa shape index (κ2) is 5.19. The van der Waals surface area contributed by atoms with E-state index in [0.717, 1.165) is 12.1 Å². The lowest BCUT2D eigenvalue weighted by molar-refractivity contribution is 0.0773. The highest BCUT2D eigenvalue weighted by molar-refractivity contribution is 5.32. The topological polar surface area (TPSA) is 23.5 Å². The van der Waals surface area contributed by atoms with Gasteiger partial charge in [0, 0.05) is 12.6 Å². The highest BCUT2D eigenvalue weighted by Gasteiger charge is 2.24. The van der Waals surface area contributed by atoms with Crippen LogP contribution in [0.2, 0.25) is 0 Å². The molecule has 1 saturated carbocycles. The Kier molecular flexibility index (Phi) is 3.85. The van der Waals surface area contributed by atoms with Gasteiger partial charge in [-0.05, 0) is 44.9 Å². The minimum absolute atomic E-state index is 0.360. The van der Waals surface area contributed by atoms with Crippen LogP contribution in [0.3, 0.4) is 0 Å². The number of nitrogens with zero attached hydrogens (tertiary/aromatic N) is 1. The number of rotatable bonds is 4. The quantitative estimate of drug-likeness (QED) is 0.864. The van der Waals surface area contributed by atoms with Crippen LogP contribution in [0.4, 0.5) is 0 Å². The van der Waals surface area contributed by atoms with E-state index in [9.17, 15) is 5.11 Å². The van der Waals surface area contributed by atoms with Crippen molar-refractivity contribution < 1.29 is 5.11 Å². The Morgan fingerprint density at radius 2 is 2.06 bits per heavy atom. The van der Waals surface area contributed by atoms with Gasteiger partial charge < -0.3 is 10.0 Å². The van der Waals surface area contributed by atoms with E-state index in [2.05, 4.69) is 44.0 Å². The first-order valence-corrected chi connectivity index (χ1v) is 6.53. The molecule has 1 aromatic carbocycles. The van der Waals surface area contributed by atoms with Gasteiger partial charge in [-0.2, -0.15) is 0 Å². The third-order valence-corrected chi connectivity index (χ3v) is 3.94. The Morgan fingerprint density at radius 1 is 1.35 bits per heavy atom. The molecule has 1 aliphatic rings. The van der Waals surface area contributed by atoms with E-state index in [1.165, 1.54) is 30.4 Å². The van der Waals surface area contributed by atoms with Crippen LogP contribution < -0.4 is 0 Å². The first kappa shape index (κ1) is 12.6. The summed E-state index contributed by atoms with van der Waals surface area (Å²) in [5.74, 6) is 0. The number of hydrogen-bond acceptors (Lipinski definition) is 2. The summed E-state index contributed by atoms with van der Waals surface area (Å²) in [4.78, 5) is 2.30. The molecule has 1 unspecified atom stereocenters. The van der Waals surface area contributed by atoms with Gasteiger partial charge in [0.2, 0.25) is 0 Å². The van der Waals surface area contributed by atoms with Gasteiger partial charge in [0.05, 0.1) is 6.10 Å². The average Bonchev–Trinajstić information content (AvgIpc) is 2.13. The summed E-state index contributed by atoms with van der Waals surface area (Å²) in [5.41, 5.74) is 3.52. The summed E-state index contributed by atoms with van der Waals surface area (Å²) < 4.78 is 0. The molecule has 2 rings (SSSR count). The molecule has 0 spiro atoms. The molecule has 0 amide bonds. The van der Waals surface area contributed by atoms with Crippen LogP contribution in [-0.4, -0.2) is 29.6 Å². The lowest BCUT2D eigenvalue weighted by atomic mass is 9.91. The van der Waals surface area contributed by atoms with Crippen LogP contribution in [0, 0.1) is 13.8 Å². The Hall–Kier alpha value is -0.860. The van der Waals surface area contributed by atoms with Crippen LogP contribution in [0.15, 0.2) is 18.2 Å². The molecule has 1 aromatic rings. The van der Waals surface area contributed by atoms with E-state index >= 15 is 0 Å². The SMILES string of the molecule is Cc1ccc(C(O)CN(C)C2CCC2)c(C)c1. The van der Waals surface area contributed by atoms with Crippen LogP contribution in [0.1, 0.15) is 42.1 Å². The predicted molar refractivity (Wildman–Crippen MR) is 71.1 cm³/mol. The fourth-order valence-electron chi connectivity index (χ4n) is 2.55. The number of aliphatic hydroxyl groups excluding tert-OH is 1. The number of benzene rings is 1. The van der Waals surface area contributed by atoms with Crippen molar-refractivity contribution in [3.63, 3.8) is 0 Å². The molecular formula is C15H23NO. The predicted octanol–water partition coefficient (Wildman–Crippen LogP) is 2.82. The summed E-state index contributed by atoms with van der Waals surface area (Å²) in [6.45, 7) is 4.91. The molecule has 0 saturated heterocycles. The molecule has 1 fully saturated rings. The number of hydrogen-bond donors (Lipinski definition) is 1. The maximum absolute atomic E-state index is 10.3. The maximum Gasteiger partial charge on any atom is 0.0919 e. The van der Waals surface area contributed by atoms with Crippen molar-refractivity contribution in [2.45, 2.75) is 45.3 Å². The monoisotopic (exact) mass is 233 g/mol. The van der Waals surface area contributed by atoms with E-state index in [4.69, 9.17) is 0 Å². The third-order valence-electron chi connectivity index (χ3n) is 3.94. The van der Waals surface area contributed by atoms with Crippen molar-refractivity contribution >= 4 is 0 Å². The standard InChI is InChI=1S/C15H23NO/c1-11-7-8-14(12(2)9-11)15(17)10-16(3)13-5-4-6-13/h7-9,13,15,17H,4-6,10H2,1-3H3. The second-order valence-corrected chi connectivity index (χ2v) is 5.40. The third kappa shape index (κ3) is 2.88. The summed E-state index contributed by atoms with van der Waals surface area (Å²) in [6, 6.07) is 6.97. The van der Waals surface area contributed by atoms with E-state index in [0.29, 0.717) is 6.04 Å². The van der Waals surface area contributed by atoms with Crippen molar-refractivity contribution in [1.29, 1.82) is 0 Å². The molecule has 1 aliphatic carbocycles. The smallest absolute Gasteiger partial charge is 0.0919 e. The normalized spacial score (nSPS) is 18.2. The fourth-order valence-corrected chi connectivity index (χ4v) is 2.55. The van der Waals surface area contributed by atoms with E-state index in [1.807, 2.05) is 0 Å². The Morgan fingerprint density at radius 3 is 2.59 bits per heavy atom. The van der Waals surface area contributed by atoms with Crippen molar-refractivity contribution in [1.82, 2.24) is 4.90 Å². The van der Waals surface area contributed by atoms with Gasteiger partial charge in [-0.15, -0.1) is 0 Å². The van der Waals surface area contributed by atoms with Crippen LogP contribution in [-0.2, 0) is 0 Å². The number of aryl methyl sites for hydroxylation is 2. The first-order chi connectivity index (χ1) is 8.08. The van der Waals surface area contributed by atoms with Gasteiger partial charge >= 0.3 is 0 Å². The number of aliphatic hydroxyl groups is 1. The number of likely N-dealkylation sites (N-methyl/N-ethyl adjacent to an activating group) is 1. The van der Waals surface area contributed by atoms with E-state index in [-0.39, 0.29) is 6.10 Å². The van der Waals surface area contributed by atoms with Gasteiger partial charge in [0.15, 0.2) is 0 Å². The highest BCUT2D eigenvalue weighted by atomic mass is 16.3. The zero-order valence-electron chi connectivity index (χ0n) is 11.1. The molecule has 0 heterocycles. The highest BCUT2D eigenvalue weighted by Crippen LogP contribution is 2.26. The summed E-state index contributed by atoms with van der Waals surface area (Å²) >= 11 is 0. The Labute approximate surface area is 104 Å². The minimum atomic E-state index is -0.360. The molecule has 0 aliphatic heterocycles. The van der Waals surface area contributed by atoms with E-state index < -0.39 is 0 Å². The largest absolute Gasteiger partial charge is 0.387 e. The summed E-state index contributed by atoms with van der Waals surface area (Å²) in [6.07, 6.45) is 3.56. The fraction of sp³-hybridized carbons (Fsp3) is 0.600. The van der Waals surface area contributed by atoms with Gasteiger partial charge in [-0.1, -0.05) is 30.2 Å². The maximum atomic E-state index is 10.3. The van der Waals surface area contributed by atoms with Crippen molar-refractivity contribution in [3.8, 4) is 0 Å². The van der Waals surface area contributed by atoms with Gasteiger partial charge in [0.25, 0.3) is 0 Å². The Bertz CT molecular complexity index is 385. The summed E-state index contributed by atoms with van der Waals surface area (Å²) in [5, 5.41) is 10.3. The molecule has 94 valence electrons. The minimum Gasteiger partial charge on any atom is -0.387 e. The van der Waals surface area contributed by atoms with E-state index in [1.54, 1.807) is 0 Å². The summed E-state index contributed by atoms with van der Waals surface area (Å²) in [7, 11) is 2.12. The zero-order valence-corrected chi connectivity index (χ0v) is 11.1. The molecule has 1 N–H and O–H groups in total. The molecular weight excluding hydrogens is 210 g/mol. The molecule has 0 bridgehead atoms. The average molecular weight is 233 g/mol. The lowest BCUT2D eigenvalue weighted by Gasteiger charge is -2.36. The van der Waals surface area contributed by atoms with Crippen LogP contribution in [0.5, 0.6) is 0 Å². The van der Waals surface area contributed by atoms with Gasteiger partial charge in [-0.25, -0.2) is 0 Å². The molecule has 0 aromatic heterocycles. The van der Waals surface area contributed by atoms with Crippen molar-refractivity contribution in [3.05, 3.63) is 34.9 Å². The lowest BCUT2D eigenvalue weighted by Crippen LogP contribution is -2.39. The van der Waals surface area contributed by atoms with Crippen molar-refractivity contribution in [2.24, 2.45) is 0 Å². The Balaban J connectivity index is 2.00. The zero-order chi connectivity index (χ0) is 12.4. The van der Waals surface area contributed by atoms with Crippen LogP contribution in [0.25, 0.3) is 0 Å². The molecule has 0 radical (unpaired) electrons. The second-order valence-electron chi connectivity index (χ2n) is 5.40. The molecule has 1 atom stereocenters. The first-order valence-electron chi connectivity index (χ1n) is 6.53.